The van der Waals surface area contributed by atoms with Gasteiger partial charge in [-0.1, -0.05) is 34.1 Å². The van der Waals surface area contributed by atoms with Gasteiger partial charge in [0, 0.05) is 21.7 Å². The second-order valence-corrected chi connectivity index (χ2v) is 8.31. The van der Waals surface area contributed by atoms with Gasteiger partial charge in [-0.3, -0.25) is 4.79 Å². The summed E-state index contributed by atoms with van der Waals surface area (Å²) >= 11 is 3.48. The van der Waals surface area contributed by atoms with Gasteiger partial charge in [0.2, 0.25) is 5.78 Å². The lowest BCUT2D eigenvalue weighted by atomic mass is 10.1. The van der Waals surface area contributed by atoms with Gasteiger partial charge in [-0.15, -0.1) is 0 Å². The van der Waals surface area contributed by atoms with Crippen LogP contribution in [0.5, 0.6) is 17.2 Å². The Labute approximate surface area is 192 Å². The number of hydrogen-bond acceptors (Lipinski definition) is 6. The highest BCUT2D eigenvalue weighted by molar-refractivity contribution is 9.10. The molecule has 0 bridgehead atoms. The molecule has 2 heterocycles. The Kier molecular flexibility index (Phi) is 5.28. The standard InChI is InChI=1S/C25H17BrO6/c1-14-4-2-3-5-19(14)25(28)31-18-6-7-20-21(11-18)32-22(23(20)27)10-15-8-17(26)9-16-12-29-13-30-24(15)16/h2-11H,12-13H2,1H3. The molecule has 3 aromatic rings. The predicted octanol–water partition coefficient (Wildman–Crippen LogP) is 5.46. The molecule has 0 radical (unpaired) electrons. The summed E-state index contributed by atoms with van der Waals surface area (Å²) in [6.07, 6.45) is 1.65. The molecule has 160 valence electrons. The van der Waals surface area contributed by atoms with Crippen LogP contribution in [0.3, 0.4) is 0 Å². The number of carbonyl (C=O) groups excluding carboxylic acids is 2. The van der Waals surface area contributed by atoms with Crippen molar-refractivity contribution in [3.63, 3.8) is 0 Å². The van der Waals surface area contributed by atoms with Crippen LogP contribution in [0, 0.1) is 6.92 Å². The topological polar surface area (TPSA) is 71.1 Å². The van der Waals surface area contributed by atoms with Gasteiger partial charge >= 0.3 is 5.97 Å². The minimum Gasteiger partial charge on any atom is -0.467 e. The van der Waals surface area contributed by atoms with Crippen LogP contribution in [0.1, 0.15) is 37.4 Å². The molecule has 0 atom stereocenters. The number of halogens is 1. The second-order valence-electron chi connectivity index (χ2n) is 7.40. The van der Waals surface area contributed by atoms with Gasteiger partial charge in [0.15, 0.2) is 12.6 Å². The molecule has 0 amide bonds. The van der Waals surface area contributed by atoms with Crippen molar-refractivity contribution in [1.82, 2.24) is 0 Å². The van der Waals surface area contributed by atoms with Crippen molar-refractivity contribution >= 4 is 33.8 Å². The van der Waals surface area contributed by atoms with E-state index in [4.69, 9.17) is 18.9 Å². The van der Waals surface area contributed by atoms with Gasteiger partial charge < -0.3 is 18.9 Å². The monoisotopic (exact) mass is 492 g/mol. The first kappa shape index (κ1) is 20.5. The maximum Gasteiger partial charge on any atom is 0.343 e. The van der Waals surface area contributed by atoms with Crippen LogP contribution < -0.4 is 14.2 Å². The molecule has 3 aromatic carbocycles. The molecule has 0 N–H and O–H groups in total. The summed E-state index contributed by atoms with van der Waals surface area (Å²) in [6, 6.07) is 15.7. The number of ketones is 1. The number of aryl methyl sites for hydroxylation is 1. The first-order valence-corrected chi connectivity index (χ1v) is 10.7. The molecule has 6 nitrogen and oxygen atoms in total. The van der Waals surface area contributed by atoms with Crippen LogP contribution in [0.15, 0.2) is 64.8 Å². The fraction of sp³-hybridized carbons (Fsp3) is 0.120. The van der Waals surface area contributed by atoms with E-state index >= 15 is 0 Å². The zero-order valence-corrected chi connectivity index (χ0v) is 18.6. The van der Waals surface area contributed by atoms with E-state index in [1.807, 2.05) is 31.2 Å². The summed E-state index contributed by atoms with van der Waals surface area (Å²) < 4.78 is 23.1. The molecule has 0 fully saturated rings. The van der Waals surface area contributed by atoms with E-state index in [9.17, 15) is 9.59 Å². The quantitative estimate of drug-likeness (QED) is 0.274. The minimum atomic E-state index is -0.469. The van der Waals surface area contributed by atoms with Crippen LogP contribution in [-0.2, 0) is 11.3 Å². The van der Waals surface area contributed by atoms with Crippen molar-refractivity contribution in [3.8, 4) is 17.2 Å². The number of esters is 1. The van der Waals surface area contributed by atoms with Gasteiger partial charge in [-0.05, 0) is 48.9 Å². The van der Waals surface area contributed by atoms with Gasteiger partial charge in [0.05, 0.1) is 17.7 Å². The molecule has 5 rings (SSSR count). The third kappa shape index (κ3) is 3.81. The third-order valence-corrected chi connectivity index (χ3v) is 5.66. The smallest absolute Gasteiger partial charge is 0.343 e. The number of rotatable bonds is 3. The lowest BCUT2D eigenvalue weighted by molar-refractivity contribution is -0.0165. The summed E-state index contributed by atoms with van der Waals surface area (Å²) in [5, 5.41) is 0. The first-order chi connectivity index (χ1) is 15.5. The number of allylic oxidation sites excluding steroid dienone is 1. The summed E-state index contributed by atoms with van der Waals surface area (Å²) in [5.41, 5.74) is 3.29. The molecule has 0 saturated heterocycles. The van der Waals surface area contributed by atoms with E-state index in [1.165, 1.54) is 0 Å². The van der Waals surface area contributed by atoms with E-state index in [-0.39, 0.29) is 18.3 Å². The van der Waals surface area contributed by atoms with Crippen LogP contribution in [0.2, 0.25) is 0 Å². The summed E-state index contributed by atoms with van der Waals surface area (Å²) in [7, 11) is 0. The summed E-state index contributed by atoms with van der Waals surface area (Å²) in [4.78, 5) is 25.4. The number of ether oxygens (including phenoxy) is 4. The molecule has 0 saturated carbocycles. The molecule has 7 heteroatoms. The molecule has 2 aliphatic heterocycles. The molecule has 2 aliphatic rings. The number of benzene rings is 3. The van der Waals surface area contributed by atoms with Crippen molar-refractivity contribution in [1.29, 1.82) is 0 Å². The predicted molar refractivity (Wildman–Crippen MR) is 120 cm³/mol. The Balaban J connectivity index is 1.42. The van der Waals surface area contributed by atoms with E-state index in [2.05, 4.69) is 15.9 Å². The fourth-order valence-electron chi connectivity index (χ4n) is 3.65. The van der Waals surface area contributed by atoms with Gasteiger partial charge in [-0.25, -0.2) is 4.79 Å². The van der Waals surface area contributed by atoms with Crippen LogP contribution in [-0.4, -0.2) is 18.5 Å². The second kappa shape index (κ2) is 8.26. The van der Waals surface area contributed by atoms with Gasteiger partial charge in [0.1, 0.15) is 17.2 Å². The number of carbonyl (C=O) groups is 2. The van der Waals surface area contributed by atoms with E-state index in [0.29, 0.717) is 40.5 Å². The maximum absolute atomic E-state index is 12.9. The van der Waals surface area contributed by atoms with Crippen LogP contribution in [0.4, 0.5) is 0 Å². The molecular weight excluding hydrogens is 476 g/mol. The fourth-order valence-corrected chi connectivity index (χ4v) is 4.17. The minimum absolute atomic E-state index is 0.148. The number of hydrogen-bond donors (Lipinski definition) is 0. The first-order valence-electron chi connectivity index (χ1n) is 9.88. The Morgan fingerprint density at radius 3 is 2.81 bits per heavy atom. The zero-order valence-electron chi connectivity index (χ0n) is 17.0. The normalized spacial score (nSPS) is 15.6. The molecule has 0 unspecified atom stereocenters. The summed E-state index contributed by atoms with van der Waals surface area (Å²) in [6.45, 7) is 2.42. The zero-order chi connectivity index (χ0) is 22.2. The van der Waals surface area contributed by atoms with E-state index in [0.717, 1.165) is 15.6 Å². The highest BCUT2D eigenvalue weighted by atomic mass is 79.9. The number of fused-ring (bicyclic) bond motifs is 2. The third-order valence-electron chi connectivity index (χ3n) is 5.21. The molecule has 32 heavy (non-hydrogen) atoms. The van der Waals surface area contributed by atoms with E-state index < -0.39 is 5.97 Å². The van der Waals surface area contributed by atoms with Crippen LogP contribution in [0.25, 0.3) is 6.08 Å². The summed E-state index contributed by atoms with van der Waals surface area (Å²) in [5.74, 6) is 0.738. The molecule has 0 aromatic heterocycles. The van der Waals surface area contributed by atoms with Crippen molar-refractivity contribution in [3.05, 3.63) is 92.6 Å². The Bertz CT molecular complexity index is 1290. The lowest BCUT2D eigenvalue weighted by Gasteiger charge is -2.20. The van der Waals surface area contributed by atoms with E-state index in [1.54, 1.807) is 36.4 Å². The largest absolute Gasteiger partial charge is 0.467 e. The molecule has 0 aliphatic carbocycles. The Morgan fingerprint density at radius 2 is 1.97 bits per heavy atom. The molecule has 0 spiro atoms. The van der Waals surface area contributed by atoms with Gasteiger partial charge in [0.25, 0.3) is 0 Å². The highest BCUT2D eigenvalue weighted by Gasteiger charge is 2.29. The van der Waals surface area contributed by atoms with Crippen molar-refractivity contribution < 1.29 is 28.5 Å². The van der Waals surface area contributed by atoms with Gasteiger partial charge in [-0.2, -0.15) is 0 Å². The molecular formula is C25H17BrO6. The Hall–Kier alpha value is -3.42. The van der Waals surface area contributed by atoms with Crippen LogP contribution >= 0.6 is 15.9 Å². The number of Topliss-reactive ketones (excluding diaryl/α,β-unsaturated/α-hetero) is 1. The maximum atomic E-state index is 12.9. The lowest BCUT2D eigenvalue weighted by Crippen LogP contribution is -2.12. The average molecular weight is 493 g/mol. The van der Waals surface area contributed by atoms with Crippen molar-refractivity contribution in [2.24, 2.45) is 0 Å². The van der Waals surface area contributed by atoms with Crippen molar-refractivity contribution in [2.45, 2.75) is 13.5 Å². The highest BCUT2D eigenvalue weighted by Crippen LogP contribution is 2.38. The average Bonchev–Trinajstić information content (AvgIpc) is 3.08. The Morgan fingerprint density at radius 1 is 1.12 bits per heavy atom. The van der Waals surface area contributed by atoms with Crippen molar-refractivity contribution in [2.75, 3.05) is 6.79 Å². The SMILES string of the molecule is Cc1ccccc1C(=O)Oc1ccc2c(c1)OC(=Cc1cc(Br)cc3c1OCOC3)C2=O.